The normalized spacial score (nSPS) is 18.4. The van der Waals surface area contributed by atoms with Gasteiger partial charge in [-0.15, -0.1) is 11.3 Å². The predicted molar refractivity (Wildman–Crippen MR) is 110 cm³/mol. The lowest BCUT2D eigenvalue weighted by atomic mass is 9.88. The number of anilines is 1. The highest BCUT2D eigenvalue weighted by Gasteiger charge is 2.28. The fourth-order valence-corrected chi connectivity index (χ4v) is 5.66. The third-order valence-corrected chi connectivity index (χ3v) is 6.97. The fourth-order valence-electron chi connectivity index (χ4n) is 4.25. The Bertz CT molecular complexity index is 900. The lowest BCUT2D eigenvalue weighted by Crippen LogP contribution is -2.22. The van der Waals surface area contributed by atoms with Crippen molar-refractivity contribution in [1.29, 1.82) is 0 Å². The smallest absolute Gasteiger partial charge is 0.256 e. The number of nitrogens with one attached hydrogen (secondary N) is 2. The van der Waals surface area contributed by atoms with Crippen molar-refractivity contribution in [2.45, 2.75) is 51.9 Å². The molecule has 2 aliphatic carbocycles. The van der Waals surface area contributed by atoms with Gasteiger partial charge in [-0.2, -0.15) is 0 Å². The second-order valence-corrected chi connectivity index (χ2v) is 8.88. The van der Waals surface area contributed by atoms with Crippen molar-refractivity contribution < 1.29 is 9.59 Å². The minimum Gasteiger partial charge on any atom is -0.355 e. The molecule has 1 atom stereocenters. The monoisotopic (exact) mass is 382 g/mol. The summed E-state index contributed by atoms with van der Waals surface area (Å²) in [6.45, 7) is 2.24. The summed E-state index contributed by atoms with van der Waals surface area (Å²) in [7, 11) is 1.65. The second kappa shape index (κ2) is 7.47. The zero-order chi connectivity index (χ0) is 19.0. The molecule has 2 N–H and O–H groups in total. The summed E-state index contributed by atoms with van der Waals surface area (Å²) >= 11 is 1.57. The van der Waals surface area contributed by atoms with Crippen LogP contribution in [0.15, 0.2) is 18.2 Å². The standard InChI is InChI=1S/C22H26N2O2S/c1-13-7-10-17-18(11-13)27-22(19(17)21(26)23-2)24-20(25)16-9-8-14-5-3-4-6-15(14)12-16/h8-9,12-13H,3-7,10-11H2,1-2H3,(H,23,26)(H,24,25)/t13-/m0/s1. The van der Waals surface area contributed by atoms with Crippen molar-refractivity contribution in [3.8, 4) is 0 Å². The van der Waals surface area contributed by atoms with Crippen molar-refractivity contribution >= 4 is 28.2 Å². The molecule has 27 heavy (non-hydrogen) atoms. The summed E-state index contributed by atoms with van der Waals surface area (Å²) in [6.07, 6.45) is 7.55. The Morgan fingerprint density at radius 2 is 1.85 bits per heavy atom. The van der Waals surface area contributed by atoms with E-state index in [9.17, 15) is 9.59 Å². The Balaban J connectivity index is 1.64. The van der Waals surface area contributed by atoms with Crippen LogP contribution >= 0.6 is 11.3 Å². The highest BCUT2D eigenvalue weighted by atomic mass is 32.1. The van der Waals surface area contributed by atoms with Crippen LogP contribution in [-0.4, -0.2) is 18.9 Å². The molecule has 1 aromatic heterocycles. The third-order valence-electron chi connectivity index (χ3n) is 5.80. The summed E-state index contributed by atoms with van der Waals surface area (Å²) in [5.74, 6) is 0.390. The summed E-state index contributed by atoms with van der Waals surface area (Å²) in [6, 6.07) is 6.03. The molecule has 0 bridgehead atoms. The van der Waals surface area contributed by atoms with Gasteiger partial charge in [0.2, 0.25) is 0 Å². The maximum Gasteiger partial charge on any atom is 0.256 e. The molecule has 0 unspecified atom stereocenters. The van der Waals surface area contributed by atoms with Gasteiger partial charge in [0.15, 0.2) is 0 Å². The van der Waals surface area contributed by atoms with Crippen molar-refractivity contribution in [2.24, 2.45) is 5.92 Å². The first-order valence-electron chi connectivity index (χ1n) is 9.86. The summed E-state index contributed by atoms with van der Waals surface area (Å²) < 4.78 is 0. The molecule has 4 nitrogen and oxygen atoms in total. The highest BCUT2D eigenvalue weighted by Crippen LogP contribution is 2.39. The Morgan fingerprint density at radius 3 is 2.63 bits per heavy atom. The molecule has 142 valence electrons. The van der Waals surface area contributed by atoms with Crippen LogP contribution in [0.2, 0.25) is 0 Å². The molecule has 2 aliphatic rings. The molecule has 1 heterocycles. The maximum atomic E-state index is 12.9. The van der Waals surface area contributed by atoms with Gasteiger partial charge in [0, 0.05) is 17.5 Å². The Labute approximate surface area is 164 Å². The van der Waals surface area contributed by atoms with Crippen LogP contribution in [0.1, 0.15) is 68.5 Å². The van der Waals surface area contributed by atoms with Crippen LogP contribution in [-0.2, 0) is 25.7 Å². The molecule has 0 saturated carbocycles. The molecule has 2 amide bonds. The summed E-state index contributed by atoms with van der Waals surface area (Å²) in [5, 5.41) is 6.47. The van der Waals surface area contributed by atoms with Crippen LogP contribution in [0, 0.1) is 5.92 Å². The van der Waals surface area contributed by atoms with E-state index in [4.69, 9.17) is 0 Å². The van der Waals surface area contributed by atoms with E-state index in [1.165, 1.54) is 28.8 Å². The van der Waals surface area contributed by atoms with Gasteiger partial charge in [-0.1, -0.05) is 13.0 Å². The zero-order valence-electron chi connectivity index (χ0n) is 16.0. The highest BCUT2D eigenvalue weighted by molar-refractivity contribution is 7.17. The van der Waals surface area contributed by atoms with E-state index in [0.29, 0.717) is 22.0 Å². The van der Waals surface area contributed by atoms with E-state index in [0.717, 1.165) is 37.7 Å². The van der Waals surface area contributed by atoms with E-state index < -0.39 is 0 Å². The molecule has 0 saturated heterocycles. The third kappa shape index (κ3) is 3.53. The van der Waals surface area contributed by atoms with Gasteiger partial charge in [-0.05, 0) is 79.7 Å². The fraction of sp³-hybridized carbons (Fsp3) is 0.455. The molecule has 4 rings (SSSR count). The van der Waals surface area contributed by atoms with Gasteiger partial charge in [-0.3, -0.25) is 9.59 Å². The number of hydrogen-bond donors (Lipinski definition) is 2. The molecule has 0 aliphatic heterocycles. The van der Waals surface area contributed by atoms with Crippen LogP contribution < -0.4 is 10.6 Å². The number of aryl methyl sites for hydroxylation is 2. The molecule has 1 aromatic carbocycles. The topological polar surface area (TPSA) is 58.2 Å². The molecule has 0 radical (unpaired) electrons. The Kier molecular flexibility index (Phi) is 5.04. The second-order valence-electron chi connectivity index (χ2n) is 7.78. The lowest BCUT2D eigenvalue weighted by Gasteiger charge is -2.18. The van der Waals surface area contributed by atoms with Gasteiger partial charge in [0.1, 0.15) is 5.00 Å². The average Bonchev–Trinajstić information content (AvgIpc) is 3.03. The maximum absolute atomic E-state index is 12.9. The predicted octanol–water partition coefficient (Wildman–Crippen LogP) is 4.36. The lowest BCUT2D eigenvalue weighted by molar-refractivity contribution is 0.0963. The van der Waals surface area contributed by atoms with Gasteiger partial charge in [0.25, 0.3) is 11.8 Å². The first-order chi connectivity index (χ1) is 13.1. The number of benzene rings is 1. The molecule has 5 heteroatoms. The minimum absolute atomic E-state index is 0.109. The van der Waals surface area contributed by atoms with E-state index in [2.05, 4.69) is 23.6 Å². The van der Waals surface area contributed by atoms with Crippen LogP contribution in [0.5, 0.6) is 0 Å². The van der Waals surface area contributed by atoms with Crippen molar-refractivity contribution in [2.75, 3.05) is 12.4 Å². The van der Waals surface area contributed by atoms with Gasteiger partial charge < -0.3 is 10.6 Å². The number of fused-ring (bicyclic) bond motifs is 2. The van der Waals surface area contributed by atoms with Gasteiger partial charge in [-0.25, -0.2) is 0 Å². The average molecular weight is 383 g/mol. The van der Waals surface area contributed by atoms with E-state index in [-0.39, 0.29) is 11.8 Å². The minimum atomic E-state index is -0.125. The molecular formula is C22H26N2O2S. The first-order valence-corrected chi connectivity index (χ1v) is 10.7. The summed E-state index contributed by atoms with van der Waals surface area (Å²) in [4.78, 5) is 26.7. The van der Waals surface area contributed by atoms with Crippen LogP contribution in [0.3, 0.4) is 0 Å². The largest absolute Gasteiger partial charge is 0.355 e. The number of amides is 2. The van der Waals surface area contributed by atoms with Gasteiger partial charge in [0.05, 0.1) is 5.56 Å². The Hall–Kier alpha value is -2.14. The number of carbonyl (C=O) groups excluding carboxylic acids is 2. The summed E-state index contributed by atoms with van der Waals surface area (Å²) in [5.41, 5.74) is 5.12. The molecular weight excluding hydrogens is 356 g/mol. The van der Waals surface area contributed by atoms with E-state index in [1.807, 2.05) is 12.1 Å². The SMILES string of the molecule is CNC(=O)c1c(NC(=O)c2ccc3c(c2)CCCC3)sc2c1CC[C@H](C)C2. The molecule has 0 fully saturated rings. The molecule has 0 spiro atoms. The van der Waals surface area contributed by atoms with Gasteiger partial charge >= 0.3 is 0 Å². The number of thiophene rings is 1. The Morgan fingerprint density at radius 1 is 1.07 bits per heavy atom. The first kappa shape index (κ1) is 18.2. The van der Waals surface area contributed by atoms with E-state index >= 15 is 0 Å². The number of carbonyl (C=O) groups is 2. The molecule has 2 aromatic rings. The van der Waals surface area contributed by atoms with Crippen molar-refractivity contribution in [1.82, 2.24) is 5.32 Å². The van der Waals surface area contributed by atoms with Crippen molar-refractivity contribution in [3.63, 3.8) is 0 Å². The van der Waals surface area contributed by atoms with Crippen LogP contribution in [0.25, 0.3) is 0 Å². The zero-order valence-corrected chi connectivity index (χ0v) is 16.8. The number of hydrogen-bond acceptors (Lipinski definition) is 3. The van der Waals surface area contributed by atoms with E-state index in [1.54, 1.807) is 18.4 Å². The number of rotatable bonds is 3. The van der Waals surface area contributed by atoms with Crippen LogP contribution in [0.4, 0.5) is 5.00 Å². The quantitative estimate of drug-likeness (QED) is 0.828. The van der Waals surface area contributed by atoms with Crippen molar-refractivity contribution in [3.05, 3.63) is 50.9 Å².